The number of aromatic hydroxyl groups is 1. The molecule has 1 aliphatic heterocycles. The molecule has 2 atom stereocenters. The van der Waals surface area contributed by atoms with Crippen LogP contribution in [0.4, 0.5) is 0 Å². The summed E-state index contributed by atoms with van der Waals surface area (Å²) in [5.41, 5.74) is 1.21. The molecule has 2 aliphatic rings. The van der Waals surface area contributed by atoms with Crippen LogP contribution in [-0.2, 0) is 11.3 Å². The minimum atomic E-state index is 0.268. The molecule has 0 spiro atoms. The Morgan fingerprint density at radius 2 is 2.00 bits per heavy atom. The lowest BCUT2D eigenvalue weighted by atomic mass is 10.1. The summed E-state index contributed by atoms with van der Waals surface area (Å²) < 4.78 is 7.32. The van der Waals surface area contributed by atoms with Crippen molar-refractivity contribution in [1.29, 1.82) is 0 Å². The van der Waals surface area contributed by atoms with Crippen LogP contribution in [0.25, 0.3) is 0 Å². The standard InChI is InChI=1S/C14H17Br2NO2/c15-10-6-9(7-11(16)14(10)18)8-17-4-5-19-13-3-1-2-12(13)17/h6-7,12-13,18H,1-5,8H2. The number of hydrogen-bond acceptors (Lipinski definition) is 3. The molecule has 2 unspecified atom stereocenters. The molecule has 3 rings (SSSR count). The smallest absolute Gasteiger partial charge is 0.143 e. The fraction of sp³-hybridized carbons (Fsp3) is 0.571. The van der Waals surface area contributed by atoms with Gasteiger partial charge in [-0.15, -0.1) is 0 Å². The average Bonchev–Trinajstić information content (AvgIpc) is 2.85. The number of phenols is 1. The highest BCUT2D eigenvalue weighted by Crippen LogP contribution is 2.35. The molecule has 0 aromatic heterocycles. The first-order valence-corrected chi connectivity index (χ1v) is 8.26. The number of ether oxygens (including phenoxy) is 1. The van der Waals surface area contributed by atoms with E-state index in [1.54, 1.807) is 0 Å². The number of hydrogen-bond donors (Lipinski definition) is 1. The number of morpholine rings is 1. The molecule has 1 aliphatic carbocycles. The van der Waals surface area contributed by atoms with Crippen molar-refractivity contribution < 1.29 is 9.84 Å². The monoisotopic (exact) mass is 389 g/mol. The van der Waals surface area contributed by atoms with E-state index in [1.165, 1.54) is 24.8 Å². The second kappa shape index (κ2) is 5.72. The molecule has 1 N–H and O–H groups in total. The van der Waals surface area contributed by atoms with E-state index in [-0.39, 0.29) is 5.75 Å². The fourth-order valence-corrected chi connectivity index (χ4v) is 4.43. The molecule has 19 heavy (non-hydrogen) atoms. The van der Waals surface area contributed by atoms with Crippen molar-refractivity contribution in [3.8, 4) is 5.75 Å². The first-order chi connectivity index (χ1) is 9.15. The summed E-state index contributed by atoms with van der Waals surface area (Å²) in [5.74, 6) is 0.268. The van der Waals surface area contributed by atoms with E-state index in [9.17, 15) is 5.11 Å². The third kappa shape index (κ3) is 2.84. The number of nitrogens with zero attached hydrogens (tertiary/aromatic N) is 1. The molecule has 1 heterocycles. The molecule has 1 aromatic rings. The third-order valence-corrected chi connectivity index (χ3v) is 5.27. The van der Waals surface area contributed by atoms with Gasteiger partial charge in [-0.2, -0.15) is 0 Å². The molecule has 3 nitrogen and oxygen atoms in total. The maximum absolute atomic E-state index is 9.76. The fourth-order valence-electron chi connectivity index (χ4n) is 3.15. The topological polar surface area (TPSA) is 32.7 Å². The van der Waals surface area contributed by atoms with Gasteiger partial charge in [0.1, 0.15) is 5.75 Å². The van der Waals surface area contributed by atoms with Crippen LogP contribution in [0.2, 0.25) is 0 Å². The Kier molecular flexibility index (Phi) is 4.17. The van der Waals surface area contributed by atoms with Crippen LogP contribution in [0.1, 0.15) is 24.8 Å². The third-order valence-electron chi connectivity index (χ3n) is 4.06. The molecule has 104 valence electrons. The minimum Gasteiger partial charge on any atom is -0.506 e. The molecule has 1 saturated carbocycles. The molecule has 2 fully saturated rings. The van der Waals surface area contributed by atoms with Gasteiger partial charge in [0.25, 0.3) is 0 Å². The lowest BCUT2D eigenvalue weighted by Gasteiger charge is -2.37. The van der Waals surface area contributed by atoms with Gasteiger partial charge < -0.3 is 9.84 Å². The summed E-state index contributed by atoms with van der Waals surface area (Å²) in [7, 11) is 0. The molecular weight excluding hydrogens is 374 g/mol. The van der Waals surface area contributed by atoms with Crippen molar-refractivity contribution in [2.24, 2.45) is 0 Å². The van der Waals surface area contributed by atoms with Crippen LogP contribution in [0.15, 0.2) is 21.1 Å². The second-order valence-corrected chi connectivity index (χ2v) is 6.99. The van der Waals surface area contributed by atoms with Gasteiger partial charge in [0.05, 0.1) is 21.7 Å². The van der Waals surface area contributed by atoms with E-state index >= 15 is 0 Å². The van der Waals surface area contributed by atoms with Gasteiger partial charge in [0.15, 0.2) is 0 Å². The normalized spacial score (nSPS) is 27.5. The molecule has 0 amide bonds. The highest BCUT2D eigenvalue weighted by Gasteiger charge is 2.35. The van der Waals surface area contributed by atoms with Gasteiger partial charge in [-0.1, -0.05) is 0 Å². The quantitative estimate of drug-likeness (QED) is 0.836. The Hall–Kier alpha value is -0.100. The van der Waals surface area contributed by atoms with Crippen LogP contribution >= 0.6 is 31.9 Å². The highest BCUT2D eigenvalue weighted by molar-refractivity contribution is 9.11. The molecule has 1 saturated heterocycles. The SMILES string of the molecule is Oc1c(Br)cc(CN2CCOC3CCCC32)cc1Br. The molecular formula is C14H17Br2NO2. The Labute approximate surface area is 130 Å². The van der Waals surface area contributed by atoms with Crippen molar-refractivity contribution in [2.45, 2.75) is 38.0 Å². The van der Waals surface area contributed by atoms with E-state index in [4.69, 9.17) is 4.74 Å². The lowest BCUT2D eigenvalue weighted by Crippen LogP contribution is -2.47. The zero-order valence-corrected chi connectivity index (χ0v) is 13.8. The maximum atomic E-state index is 9.76. The number of phenolic OH excluding ortho intramolecular Hbond substituents is 1. The number of fused-ring (bicyclic) bond motifs is 1. The molecule has 5 heteroatoms. The highest BCUT2D eigenvalue weighted by atomic mass is 79.9. The summed E-state index contributed by atoms with van der Waals surface area (Å²) in [5, 5.41) is 9.76. The average molecular weight is 391 g/mol. The summed E-state index contributed by atoms with van der Waals surface area (Å²) in [4.78, 5) is 2.52. The minimum absolute atomic E-state index is 0.268. The Balaban J connectivity index is 1.77. The van der Waals surface area contributed by atoms with Crippen molar-refractivity contribution in [2.75, 3.05) is 13.2 Å². The number of rotatable bonds is 2. The number of halogens is 2. The first-order valence-electron chi connectivity index (χ1n) is 6.67. The Morgan fingerprint density at radius 3 is 2.74 bits per heavy atom. The predicted molar refractivity (Wildman–Crippen MR) is 81.3 cm³/mol. The van der Waals surface area contributed by atoms with E-state index in [0.717, 1.165) is 28.6 Å². The first kappa shape index (κ1) is 13.9. The van der Waals surface area contributed by atoms with Gasteiger partial charge in [0, 0.05) is 19.1 Å². The zero-order valence-electron chi connectivity index (χ0n) is 10.6. The van der Waals surface area contributed by atoms with Crippen LogP contribution in [-0.4, -0.2) is 35.3 Å². The second-order valence-electron chi connectivity index (χ2n) is 5.29. The summed E-state index contributed by atoms with van der Waals surface area (Å²) >= 11 is 6.79. The van der Waals surface area contributed by atoms with Gasteiger partial charge in [-0.25, -0.2) is 0 Å². The molecule has 0 radical (unpaired) electrons. The van der Waals surface area contributed by atoms with Crippen LogP contribution < -0.4 is 0 Å². The van der Waals surface area contributed by atoms with Crippen LogP contribution in [0, 0.1) is 0 Å². The predicted octanol–water partition coefficient (Wildman–Crippen LogP) is 3.67. The lowest BCUT2D eigenvalue weighted by molar-refractivity contribution is -0.0588. The van der Waals surface area contributed by atoms with Gasteiger partial charge >= 0.3 is 0 Å². The summed E-state index contributed by atoms with van der Waals surface area (Å²) in [6.45, 7) is 2.75. The largest absolute Gasteiger partial charge is 0.506 e. The van der Waals surface area contributed by atoms with Crippen molar-refractivity contribution in [3.63, 3.8) is 0 Å². The summed E-state index contributed by atoms with van der Waals surface area (Å²) in [6.07, 6.45) is 4.14. The number of benzene rings is 1. The Bertz CT molecular complexity index is 458. The van der Waals surface area contributed by atoms with Gasteiger partial charge in [-0.3, -0.25) is 4.90 Å². The molecule has 0 bridgehead atoms. The van der Waals surface area contributed by atoms with Crippen LogP contribution in [0.3, 0.4) is 0 Å². The van der Waals surface area contributed by atoms with Gasteiger partial charge in [-0.05, 0) is 68.8 Å². The summed E-state index contributed by atoms with van der Waals surface area (Å²) in [6, 6.07) is 4.57. The van der Waals surface area contributed by atoms with Crippen molar-refractivity contribution in [1.82, 2.24) is 4.90 Å². The van der Waals surface area contributed by atoms with E-state index < -0.39 is 0 Å². The van der Waals surface area contributed by atoms with E-state index in [0.29, 0.717) is 12.1 Å². The maximum Gasteiger partial charge on any atom is 0.143 e. The van der Waals surface area contributed by atoms with Gasteiger partial charge in [0.2, 0.25) is 0 Å². The molecule has 1 aromatic carbocycles. The van der Waals surface area contributed by atoms with E-state index in [1.807, 2.05) is 12.1 Å². The van der Waals surface area contributed by atoms with Crippen molar-refractivity contribution in [3.05, 3.63) is 26.6 Å². The zero-order chi connectivity index (χ0) is 13.4. The van der Waals surface area contributed by atoms with Crippen molar-refractivity contribution >= 4 is 31.9 Å². The Morgan fingerprint density at radius 1 is 1.26 bits per heavy atom. The van der Waals surface area contributed by atoms with Crippen LogP contribution in [0.5, 0.6) is 5.75 Å². The van der Waals surface area contributed by atoms with E-state index in [2.05, 4.69) is 36.8 Å².